The maximum absolute atomic E-state index is 11.4. The van der Waals surface area contributed by atoms with Gasteiger partial charge >= 0.3 is 17.9 Å². The number of ether oxygens (including phenoxy) is 4. The Morgan fingerprint density at radius 3 is 2.17 bits per heavy atom. The second kappa shape index (κ2) is 7.23. The molecule has 1 fully saturated rings. The molecule has 1 aromatic heterocycles. The summed E-state index contributed by atoms with van der Waals surface area (Å²) in [5.74, 6) is -1.72. The van der Waals surface area contributed by atoms with Gasteiger partial charge in [0.2, 0.25) is 0 Å². The van der Waals surface area contributed by atoms with Crippen molar-refractivity contribution < 1.29 is 33.3 Å². The highest BCUT2D eigenvalue weighted by Crippen LogP contribution is 2.30. The van der Waals surface area contributed by atoms with E-state index in [0.29, 0.717) is 0 Å². The van der Waals surface area contributed by atoms with E-state index in [0.717, 1.165) is 0 Å². The summed E-state index contributed by atoms with van der Waals surface area (Å²) in [6.07, 6.45) is 1.05. The van der Waals surface area contributed by atoms with Gasteiger partial charge in [0.15, 0.2) is 24.5 Å². The van der Waals surface area contributed by atoms with Gasteiger partial charge in [0.05, 0.1) is 12.9 Å². The van der Waals surface area contributed by atoms with Crippen molar-refractivity contribution in [3.05, 3.63) is 18.7 Å². The van der Waals surface area contributed by atoms with Gasteiger partial charge in [-0.3, -0.25) is 14.4 Å². The standard InChI is InChI=1S/C14H18N2O7/c1-8(17)21-11-6-20-14(16-5-4-15-7-16)13(23-10(3)19)12(11)22-9(2)18/h4-5,7,11-14H,6H2,1-3H3/t11-,12-,13+,14+/m1/s1. The molecular formula is C14H18N2O7. The predicted octanol–water partition coefficient (Wildman–Crippen LogP) is 0.207. The second-order valence-electron chi connectivity index (χ2n) is 5.03. The Labute approximate surface area is 132 Å². The summed E-state index contributed by atoms with van der Waals surface area (Å²) in [7, 11) is 0. The SMILES string of the molecule is CC(=O)O[C@H]1[C@H](OC(C)=O)[C@@H](n2ccnc2)OC[C@H]1OC(C)=O. The molecule has 1 aliphatic heterocycles. The molecule has 0 aliphatic carbocycles. The van der Waals surface area contributed by atoms with Crippen LogP contribution >= 0.6 is 0 Å². The molecule has 2 rings (SSSR count). The molecule has 126 valence electrons. The van der Waals surface area contributed by atoms with Gasteiger partial charge in [-0.1, -0.05) is 0 Å². The maximum atomic E-state index is 11.4. The van der Waals surface area contributed by atoms with Crippen LogP contribution in [0.25, 0.3) is 0 Å². The summed E-state index contributed by atoms with van der Waals surface area (Å²) >= 11 is 0. The number of imidazole rings is 1. The average molecular weight is 326 g/mol. The van der Waals surface area contributed by atoms with Gasteiger partial charge < -0.3 is 23.5 Å². The number of esters is 3. The Balaban J connectivity index is 2.31. The Kier molecular flexibility index (Phi) is 5.32. The van der Waals surface area contributed by atoms with Crippen LogP contribution in [0.4, 0.5) is 0 Å². The lowest BCUT2D eigenvalue weighted by Crippen LogP contribution is -2.55. The first kappa shape index (κ1) is 16.9. The van der Waals surface area contributed by atoms with Gasteiger partial charge in [0, 0.05) is 33.2 Å². The fourth-order valence-electron chi connectivity index (χ4n) is 2.40. The highest BCUT2D eigenvalue weighted by Gasteiger charge is 2.47. The normalized spacial score (nSPS) is 27.1. The molecule has 0 bridgehead atoms. The van der Waals surface area contributed by atoms with Gasteiger partial charge in [-0.05, 0) is 0 Å². The molecule has 1 aliphatic rings. The Morgan fingerprint density at radius 2 is 1.65 bits per heavy atom. The highest BCUT2D eigenvalue weighted by molar-refractivity contribution is 5.68. The van der Waals surface area contributed by atoms with Crippen LogP contribution in [0, 0.1) is 0 Å². The summed E-state index contributed by atoms with van der Waals surface area (Å²) in [6, 6.07) is 0. The number of hydrogen-bond acceptors (Lipinski definition) is 8. The van der Waals surface area contributed by atoms with Crippen molar-refractivity contribution in [2.75, 3.05) is 6.61 Å². The minimum absolute atomic E-state index is 0.0157. The van der Waals surface area contributed by atoms with Crippen molar-refractivity contribution in [3.63, 3.8) is 0 Å². The van der Waals surface area contributed by atoms with Crippen LogP contribution in [0.1, 0.15) is 27.0 Å². The van der Waals surface area contributed by atoms with Gasteiger partial charge in [-0.15, -0.1) is 0 Å². The van der Waals surface area contributed by atoms with Gasteiger partial charge in [0.1, 0.15) is 0 Å². The van der Waals surface area contributed by atoms with E-state index in [1.165, 1.54) is 33.3 Å². The van der Waals surface area contributed by atoms with E-state index in [4.69, 9.17) is 18.9 Å². The van der Waals surface area contributed by atoms with E-state index < -0.39 is 42.4 Å². The topological polar surface area (TPSA) is 106 Å². The predicted molar refractivity (Wildman–Crippen MR) is 73.9 cm³/mol. The number of nitrogens with zero attached hydrogens (tertiary/aromatic N) is 2. The molecule has 4 atom stereocenters. The summed E-state index contributed by atoms with van der Waals surface area (Å²) < 4.78 is 22.9. The third-order valence-electron chi connectivity index (χ3n) is 3.14. The molecule has 0 aromatic carbocycles. The first-order valence-corrected chi connectivity index (χ1v) is 6.99. The quantitative estimate of drug-likeness (QED) is 0.571. The summed E-state index contributed by atoms with van der Waals surface area (Å²) in [6.45, 7) is 3.66. The molecule has 1 aromatic rings. The van der Waals surface area contributed by atoms with Crippen LogP contribution < -0.4 is 0 Å². The van der Waals surface area contributed by atoms with Crippen LogP contribution in [0.5, 0.6) is 0 Å². The molecule has 0 spiro atoms. The lowest BCUT2D eigenvalue weighted by molar-refractivity contribution is -0.239. The van der Waals surface area contributed by atoms with Crippen LogP contribution in [-0.4, -0.2) is 52.4 Å². The maximum Gasteiger partial charge on any atom is 0.303 e. The third-order valence-corrected chi connectivity index (χ3v) is 3.14. The molecule has 0 amide bonds. The summed E-state index contributed by atoms with van der Waals surface area (Å²) in [4.78, 5) is 38.0. The molecule has 0 saturated carbocycles. The average Bonchev–Trinajstić information content (AvgIpc) is 2.94. The van der Waals surface area contributed by atoms with Crippen molar-refractivity contribution in [2.45, 2.75) is 45.3 Å². The number of hydrogen-bond donors (Lipinski definition) is 0. The lowest BCUT2D eigenvalue weighted by atomic mass is 10.0. The summed E-state index contributed by atoms with van der Waals surface area (Å²) in [5.41, 5.74) is 0. The molecule has 1 saturated heterocycles. The molecular weight excluding hydrogens is 308 g/mol. The molecule has 2 heterocycles. The zero-order valence-corrected chi connectivity index (χ0v) is 13.0. The first-order chi connectivity index (χ1) is 10.9. The Bertz CT molecular complexity index is 572. The molecule has 0 radical (unpaired) electrons. The highest BCUT2D eigenvalue weighted by atomic mass is 16.6. The Hall–Kier alpha value is -2.42. The fourth-order valence-corrected chi connectivity index (χ4v) is 2.40. The molecule has 0 unspecified atom stereocenters. The summed E-state index contributed by atoms with van der Waals surface area (Å²) in [5, 5.41) is 0. The monoisotopic (exact) mass is 326 g/mol. The van der Waals surface area contributed by atoms with E-state index in [2.05, 4.69) is 4.98 Å². The fraction of sp³-hybridized carbons (Fsp3) is 0.571. The minimum atomic E-state index is -0.985. The van der Waals surface area contributed by atoms with Gasteiger partial charge in [-0.2, -0.15) is 0 Å². The Morgan fingerprint density at radius 1 is 1.04 bits per heavy atom. The first-order valence-electron chi connectivity index (χ1n) is 6.99. The number of carbonyl (C=O) groups is 3. The van der Waals surface area contributed by atoms with E-state index in [9.17, 15) is 14.4 Å². The van der Waals surface area contributed by atoms with Crippen LogP contribution in [0.3, 0.4) is 0 Å². The zero-order valence-electron chi connectivity index (χ0n) is 13.0. The van der Waals surface area contributed by atoms with Gasteiger partial charge in [0.25, 0.3) is 0 Å². The van der Waals surface area contributed by atoms with E-state index in [-0.39, 0.29) is 6.61 Å². The number of aromatic nitrogens is 2. The van der Waals surface area contributed by atoms with E-state index >= 15 is 0 Å². The van der Waals surface area contributed by atoms with E-state index in [1.807, 2.05) is 0 Å². The smallest absolute Gasteiger partial charge is 0.303 e. The van der Waals surface area contributed by atoms with Crippen molar-refractivity contribution in [3.8, 4) is 0 Å². The zero-order chi connectivity index (χ0) is 17.0. The number of rotatable bonds is 4. The van der Waals surface area contributed by atoms with Crippen LogP contribution in [-0.2, 0) is 33.3 Å². The second-order valence-corrected chi connectivity index (χ2v) is 5.03. The molecule has 0 N–H and O–H groups in total. The third kappa shape index (κ3) is 4.28. The minimum Gasteiger partial charge on any atom is -0.456 e. The van der Waals surface area contributed by atoms with Crippen molar-refractivity contribution in [1.82, 2.24) is 9.55 Å². The lowest BCUT2D eigenvalue weighted by Gasteiger charge is -2.40. The molecule has 9 heteroatoms. The molecule has 9 nitrogen and oxygen atoms in total. The van der Waals surface area contributed by atoms with Crippen LogP contribution in [0.15, 0.2) is 18.7 Å². The van der Waals surface area contributed by atoms with Crippen molar-refractivity contribution >= 4 is 17.9 Å². The molecule has 23 heavy (non-hydrogen) atoms. The van der Waals surface area contributed by atoms with Crippen molar-refractivity contribution in [2.24, 2.45) is 0 Å². The largest absolute Gasteiger partial charge is 0.456 e. The van der Waals surface area contributed by atoms with Crippen molar-refractivity contribution in [1.29, 1.82) is 0 Å². The van der Waals surface area contributed by atoms with E-state index in [1.54, 1.807) is 10.8 Å². The number of carbonyl (C=O) groups excluding carboxylic acids is 3. The van der Waals surface area contributed by atoms with Gasteiger partial charge in [-0.25, -0.2) is 4.98 Å². The van der Waals surface area contributed by atoms with Crippen LogP contribution in [0.2, 0.25) is 0 Å².